The molecule has 2 aromatic carbocycles. The van der Waals surface area contributed by atoms with E-state index >= 15 is 0 Å². The van der Waals surface area contributed by atoms with Crippen LogP contribution in [0.2, 0.25) is 0 Å². The fourth-order valence-electron chi connectivity index (χ4n) is 3.74. The van der Waals surface area contributed by atoms with Crippen molar-refractivity contribution >= 4 is 34.0 Å². The Labute approximate surface area is 180 Å². The van der Waals surface area contributed by atoms with Crippen LogP contribution in [-0.4, -0.2) is 16.9 Å². The van der Waals surface area contributed by atoms with Crippen molar-refractivity contribution in [1.82, 2.24) is 4.98 Å². The van der Waals surface area contributed by atoms with Gasteiger partial charge in [0.2, 0.25) is 5.91 Å². The summed E-state index contributed by atoms with van der Waals surface area (Å²) in [7, 11) is 0. The largest absolute Gasteiger partial charge is 0.456 e. The quantitative estimate of drug-likeness (QED) is 0.521. The molecule has 154 valence electrons. The molecule has 0 aliphatic heterocycles. The van der Waals surface area contributed by atoms with E-state index in [1.54, 1.807) is 4.90 Å². The van der Waals surface area contributed by atoms with Crippen LogP contribution in [0.3, 0.4) is 0 Å². The van der Waals surface area contributed by atoms with Crippen molar-refractivity contribution in [2.45, 2.75) is 46.1 Å². The SMILES string of the molecule is CC(=O)N(c1cccc(C)c1)c1nc(COC(=O)c2ccc3c(c2)CCCC3)cs1. The first-order valence-electron chi connectivity index (χ1n) is 10.1. The number of rotatable bonds is 5. The molecule has 0 bridgehead atoms. The Morgan fingerprint density at radius 1 is 1.10 bits per heavy atom. The second kappa shape index (κ2) is 8.79. The van der Waals surface area contributed by atoms with Gasteiger partial charge < -0.3 is 4.74 Å². The van der Waals surface area contributed by atoms with Crippen LogP contribution in [0, 0.1) is 6.92 Å². The molecular weight excluding hydrogens is 396 g/mol. The number of hydrogen-bond donors (Lipinski definition) is 0. The second-order valence-corrected chi connectivity index (χ2v) is 8.42. The van der Waals surface area contributed by atoms with Crippen molar-refractivity contribution in [3.63, 3.8) is 0 Å². The third-order valence-corrected chi connectivity index (χ3v) is 6.12. The van der Waals surface area contributed by atoms with Gasteiger partial charge in [-0.1, -0.05) is 18.2 Å². The van der Waals surface area contributed by atoms with Gasteiger partial charge in [0.25, 0.3) is 0 Å². The topological polar surface area (TPSA) is 59.5 Å². The zero-order chi connectivity index (χ0) is 21.1. The summed E-state index contributed by atoms with van der Waals surface area (Å²) in [5.74, 6) is -0.465. The Morgan fingerprint density at radius 3 is 2.67 bits per heavy atom. The molecule has 0 spiro atoms. The molecule has 1 heterocycles. The summed E-state index contributed by atoms with van der Waals surface area (Å²) in [6.07, 6.45) is 4.48. The van der Waals surface area contributed by atoms with E-state index in [1.807, 2.05) is 54.8 Å². The third kappa shape index (κ3) is 4.44. The first-order valence-corrected chi connectivity index (χ1v) is 11.0. The summed E-state index contributed by atoms with van der Waals surface area (Å²) in [5.41, 5.74) is 5.63. The lowest BCUT2D eigenvalue weighted by Crippen LogP contribution is -2.22. The highest BCUT2D eigenvalue weighted by Crippen LogP contribution is 2.30. The molecule has 1 aliphatic carbocycles. The average molecular weight is 421 g/mol. The molecule has 30 heavy (non-hydrogen) atoms. The van der Waals surface area contributed by atoms with Gasteiger partial charge in [-0.15, -0.1) is 11.3 Å². The van der Waals surface area contributed by atoms with Gasteiger partial charge in [-0.25, -0.2) is 9.78 Å². The molecular formula is C24H24N2O3S. The van der Waals surface area contributed by atoms with Crippen molar-refractivity contribution in [3.8, 4) is 0 Å². The average Bonchev–Trinajstić information content (AvgIpc) is 3.20. The second-order valence-electron chi connectivity index (χ2n) is 7.58. The number of hydrogen-bond acceptors (Lipinski definition) is 5. The third-order valence-electron chi connectivity index (χ3n) is 5.24. The maximum absolute atomic E-state index is 12.5. The zero-order valence-electron chi connectivity index (χ0n) is 17.2. The number of carbonyl (C=O) groups is 2. The minimum atomic E-state index is -0.347. The van der Waals surface area contributed by atoms with Gasteiger partial charge in [0, 0.05) is 12.3 Å². The number of ether oxygens (including phenoxy) is 1. The Bertz CT molecular complexity index is 1090. The van der Waals surface area contributed by atoms with Gasteiger partial charge in [-0.05, 0) is 73.6 Å². The van der Waals surface area contributed by atoms with E-state index < -0.39 is 0 Å². The number of esters is 1. The van der Waals surface area contributed by atoms with E-state index in [2.05, 4.69) is 4.98 Å². The van der Waals surface area contributed by atoms with Crippen molar-refractivity contribution in [2.75, 3.05) is 4.90 Å². The lowest BCUT2D eigenvalue weighted by Gasteiger charge is -2.18. The predicted octanol–water partition coefficient (Wildman–Crippen LogP) is 5.37. The van der Waals surface area contributed by atoms with Gasteiger partial charge in [-0.3, -0.25) is 9.69 Å². The molecule has 0 fully saturated rings. The molecule has 0 unspecified atom stereocenters. The molecule has 0 atom stereocenters. The summed E-state index contributed by atoms with van der Waals surface area (Å²) in [6, 6.07) is 13.6. The van der Waals surface area contributed by atoms with Crippen LogP contribution in [0.15, 0.2) is 47.8 Å². The van der Waals surface area contributed by atoms with Gasteiger partial charge >= 0.3 is 5.97 Å². The van der Waals surface area contributed by atoms with Crippen LogP contribution >= 0.6 is 11.3 Å². The van der Waals surface area contributed by atoms with Gasteiger partial charge in [0.1, 0.15) is 6.61 Å². The lowest BCUT2D eigenvalue weighted by molar-refractivity contribution is -0.115. The first-order chi connectivity index (χ1) is 14.5. The van der Waals surface area contributed by atoms with Crippen molar-refractivity contribution in [3.05, 3.63) is 75.8 Å². The Morgan fingerprint density at radius 2 is 1.90 bits per heavy atom. The first kappa shape index (κ1) is 20.3. The van der Waals surface area contributed by atoms with Crippen molar-refractivity contribution in [1.29, 1.82) is 0 Å². The van der Waals surface area contributed by atoms with Crippen LogP contribution in [0.5, 0.6) is 0 Å². The number of aryl methyl sites for hydroxylation is 3. The van der Waals surface area contributed by atoms with Gasteiger partial charge in [0.15, 0.2) is 5.13 Å². The molecule has 1 amide bonds. The predicted molar refractivity (Wildman–Crippen MR) is 118 cm³/mol. The summed E-state index contributed by atoms with van der Waals surface area (Å²) in [6.45, 7) is 3.57. The minimum absolute atomic E-state index is 0.0754. The van der Waals surface area contributed by atoms with Crippen molar-refractivity contribution < 1.29 is 14.3 Å². The van der Waals surface area contributed by atoms with Gasteiger partial charge in [0.05, 0.1) is 16.9 Å². The van der Waals surface area contributed by atoms with Crippen LogP contribution < -0.4 is 4.90 Å². The monoisotopic (exact) mass is 420 g/mol. The maximum Gasteiger partial charge on any atom is 0.338 e. The summed E-state index contributed by atoms with van der Waals surface area (Å²) >= 11 is 1.36. The van der Waals surface area contributed by atoms with Gasteiger partial charge in [-0.2, -0.15) is 0 Å². The highest BCUT2D eigenvalue weighted by Gasteiger charge is 2.19. The number of thiazole rings is 1. The van der Waals surface area contributed by atoms with Crippen molar-refractivity contribution in [2.24, 2.45) is 0 Å². The van der Waals surface area contributed by atoms with E-state index in [-0.39, 0.29) is 18.5 Å². The van der Waals surface area contributed by atoms with E-state index in [4.69, 9.17) is 4.74 Å². The lowest BCUT2D eigenvalue weighted by atomic mass is 9.90. The number of carbonyl (C=O) groups excluding carboxylic acids is 2. The van der Waals surface area contributed by atoms with Crippen LogP contribution in [-0.2, 0) is 29.0 Å². The number of fused-ring (bicyclic) bond motifs is 1. The zero-order valence-corrected chi connectivity index (χ0v) is 18.0. The number of benzene rings is 2. The Kier molecular flexibility index (Phi) is 5.95. The number of aromatic nitrogens is 1. The van der Waals surface area contributed by atoms with Crippen LogP contribution in [0.1, 0.15) is 52.5 Å². The molecule has 0 saturated carbocycles. The fraction of sp³-hybridized carbons (Fsp3) is 0.292. The highest BCUT2D eigenvalue weighted by molar-refractivity contribution is 7.14. The molecule has 3 aromatic rings. The number of nitrogens with zero attached hydrogens (tertiary/aromatic N) is 2. The smallest absolute Gasteiger partial charge is 0.338 e. The fourth-order valence-corrected chi connectivity index (χ4v) is 4.61. The Hall–Kier alpha value is -2.99. The van der Waals surface area contributed by atoms with Crippen LogP contribution in [0.4, 0.5) is 10.8 Å². The molecule has 1 aromatic heterocycles. The normalized spacial score (nSPS) is 12.9. The van der Waals surface area contributed by atoms with E-state index in [0.29, 0.717) is 16.4 Å². The summed E-state index contributed by atoms with van der Waals surface area (Å²) < 4.78 is 5.49. The van der Waals surface area contributed by atoms with E-state index in [1.165, 1.54) is 42.2 Å². The summed E-state index contributed by atoms with van der Waals surface area (Å²) in [4.78, 5) is 30.8. The Balaban J connectivity index is 1.45. The molecule has 0 N–H and O–H groups in total. The number of anilines is 2. The molecule has 0 saturated heterocycles. The molecule has 5 nitrogen and oxygen atoms in total. The highest BCUT2D eigenvalue weighted by atomic mass is 32.1. The minimum Gasteiger partial charge on any atom is -0.456 e. The molecule has 4 rings (SSSR count). The van der Waals surface area contributed by atoms with E-state index in [0.717, 1.165) is 24.1 Å². The molecule has 6 heteroatoms. The maximum atomic E-state index is 12.5. The molecule has 0 radical (unpaired) electrons. The summed E-state index contributed by atoms with van der Waals surface area (Å²) in [5, 5.41) is 2.38. The van der Waals surface area contributed by atoms with E-state index in [9.17, 15) is 9.59 Å². The standard InChI is InChI=1S/C24H24N2O3S/c1-16-6-5-9-22(12-16)26(17(2)27)24-25-21(15-30-24)14-29-23(28)20-11-10-18-7-3-4-8-19(18)13-20/h5-6,9-13,15H,3-4,7-8,14H2,1-2H3. The molecule has 1 aliphatic rings. The van der Waals surface area contributed by atoms with Crippen LogP contribution in [0.25, 0.3) is 0 Å². The number of amides is 1.